The van der Waals surface area contributed by atoms with Crippen molar-refractivity contribution in [3.63, 3.8) is 0 Å². The van der Waals surface area contributed by atoms with Crippen LogP contribution in [-0.2, 0) is 66.3 Å². The third-order valence-corrected chi connectivity index (χ3v) is 15.5. The van der Waals surface area contributed by atoms with Gasteiger partial charge >= 0.3 is 0 Å². The first-order valence-electron chi connectivity index (χ1n) is 26.1. The Hall–Kier alpha value is -1.40. The third-order valence-electron chi connectivity index (χ3n) is 15.5. The van der Waals surface area contributed by atoms with Crippen molar-refractivity contribution < 1.29 is 174 Å². The zero-order chi connectivity index (χ0) is 58.2. The van der Waals surface area contributed by atoms with Gasteiger partial charge in [-0.1, -0.05) is 25.7 Å². The minimum absolute atomic E-state index is 1.05. The Kier molecular flexibility index (Phi) is 22.2. The summed E-state index contributed by atoms with van der Waals surface area (Å²) in [5.41, 5.74) is 0. The van der Waals surface area contributed by atoms with E-state index in [0.717, 1.165) is 0 Å². The third kappa shape index (κ3) is 13.0. The summed E-state index contributed by atoms with van der Waals surface area (Å²) in [6, 6.07) is 0. The zero-order valence-corrected chi connectivity index (χ0v) is 42.4. The van der Waals surface area contributed by atoms with Gasteiger partial charge in [-0.2, -0.15) is 0 Å². The molecule has 1 aliphatic carbocycles. The molecule has 21 N–H and O–H groups in total. The van der Waals surface area contributed by atoms with Gasteiger partial charge in [0.05, 0.1) is 39.6 Å². The predicted molar refractivity (Wildman–Crippen MR) is 242 cm³/mol. The van der Waals surface area contributed by atoms with Gasteiger partial charge < -0.3 is 174 Å². The van der Waals surface area contributed by atoms with Gasteiger partial charge in [0.2, 0.25) is 5.79 Å². The molecule has 0 aromatic rings. The second-order valence-electron chi connectivity index (χ2n) is 20.8. The number of hydrogen-bond donors (Lipinski definition) is 21. The minimum atomic E-state index is -3.06. The molecule has 0 aromatic heterocycles. The quantitative estimate of drug-likeness (QED) is 0.117. The maximum atomic E-state index is 11.4. The van der Waals surface area contributed by atoms with E-state index in [2.05, 4.69) is 0 Å². The highest BCUT2D eigenvalue weighted by Gasteiger charge is 2.60. The number of aliphatic hydroxyl groups is 21. The number of hydrogen-bond acceptors (Lipinski definition) is 35. The molecule has 466 valence electrons. The van der Waals surface area contributed by atoms with E-state index in [1.807, 2.05) is 0 Å². The van der Waals surface area contributed by atoms with Gasteiger partial charge in [0, 0.05) is 0 Å². The highest BCUT2D eigenvalue weighted by atomic mass is 16.8. The summed E-state index contributed by atoms with van der Waals surface area (Å²) in [7, 11) is 0. The van der Waals surface area contributed by atoms with Crippen molar-refractivity contribution in [3.05, 3.63) is 0 Å². The van der Waals surface area contributed by atoms with Crippen LogP contribution in [0, 0.1) is 0 Å². The highest BCUT2D eigenvalue weighted by Crippen LogP contribution is 2.39. The summed E-state index contributed by atoms with van der Waals surface area (Å²) in [4.78, 5) is 0. The smallest absolute Gasteiger partial charge is 0.221 e. The molecule has 22 aliphatic rings. The fraction of sp³-hybridized carbons (Fsp3) is 1.00. The van der Waals surface area contributed by atoms with Gasteiger partial charge in [-0.25, -0.2) is 0 Å². The predicted octanol–water partition coefficient (Wildman–Crippen LogP) is -13.7. The van der Waals surface area contributed by atoms with E-state index in [4.69, 9.17) is 66.3 Å². The lowest BCUT2D eigenvalue weighted by Crippen LogP contribution is -2.69. The fourth-order valence-corrected chi connectivity index (χ4v) is 10.4. The van der Waals surface area contributed by atoms with Gasteiger partial charge in [-0.3, -0.25) is 0 Å². The molecular formula is C45H76O35. The maximum absolute atomic E-state index is 11.4. The molecule has 35 heteroatoms. The summed E-state index contributed by atoms with van der Waals surface area (Å²) in [5, 5.41) is 230. The molecule has 35 nitrogen and oxygen atoms in total. The summed E-state index contributed by atoms with van der Waals surface area (Å²) in [5.74, 6) is -3.06. The molecule has 22 rings (SSSR count). The van der Waals surface area contributed by atoms with Gasteiger partial charge in [-0.15, -0.1) is 0 Å². The molecule has 22 fully saturated rings. The van der Waals surface area contributed by atoms with E-state index < -0.39 is 255 Å². The van der Waals surface area contributed by atoms with Gasteiger partial charge in [-0.05, 0) is 0 Å². The summed E-state index contributed by atoms with van der Waals surface area (Å²) in [6.07, 6.45) is -61.6. The van der Waals surface area contributed by atoms with Gasteiger partial charge in [0.15, 0.2) is 44.0 Å². The van der Waals surface area contributed by atoms with Crippen LogP contribution in [0.4, 0.5) is 0 Å². The first-order valence-corrected chi connectivity index (χ1v) is 26.1. The van der Waals surface area contributed by atoms with Crippen molar-refractivity contribution >= 4 is 0 Å². The Morgan fingerprint density at radius 3 is 0.700 bits per heavy atom. The topological polar surface area (TPSA) is 554 Å². The zero-order valence-electron chi connectivity index (χ0n) is 42.4. The van der Waals surface area contributed by atoms with E-state index in [1.165, 1.54) is 25.7 Å². The normalized spacial score (nSPS) is 54.3. The number of rotatable bonds is 6. The van der Waals surface area contributed by atoms with E-state index in [9.17, 15) is 107 Å². The fourth-order valence-electron chi connectivity index (χ4n) is 10.4. The van der Waals surface area contributed by atoms with Crippen molar-refractivity contribution in [2.45, 2.75) is 234 Å². The molecule has 21 heterocycles. The number of ether oxygens (including phenoxy) is 14. The van der Waals surface area contributed by atoms with Crippen LogP contribution >= 0.6 is 0 Å². The Balaban J connectivity index is 0.00000201. The lowest BCUT2D eigenvalue weighted by Gasteiger charge is -2.50. The SMILES string of the molecule is C1CCC1.OCC1O[C@@H]2O[C@@H]3C(CO)O[C@H](O[C@]4(O)CO[C@H](O[C@@H]5C(CO)O[C@H](O[C@@H]6C(CO)O[C@@H](O[C@@H]7C(CO)O[C@@H](O[C@@H]8C(CO)O[C@@H](O[C@H]1[C@H](O)C2O)C(O)[C@H]8O)C(O)[C@H]7O)C(O)[C@H]6O)C(O)[C@H]5O)C(O)[C@H]4O)C(O)[C@H]3O. The van der Waals surface area contributed by atoms with Crippen LogP contribution in [-0.4, -0.2) is 362 Å². The molecular weight excluding hydrogens is 1100 g/mol. The second kappa shape index (κ2) is 27.5. The Bertz CT molecular complexity index is 1880. The average molecular weight is 1180 g/mol. The largest absolute Gasteiger partial charge is 0.394 e. The first-order chi connectivity index (χ1) is 38.1. The van der Waals surface area contributed by atoms with Crippen molar-refractivity contribution in [2.24, 2.45) is 0 Å². The van der Waals surface area contributed by atoms with Gasteiger partial charge in [0.25, 0.3) is 0 Å². The molecule has 0 aromatic carbocycles. The molecule has 34 atom stereocenters. The Labute approximate surface area is 453 Å². The molecule has 80 heavy (non-hydrogen) atoms. The van der Waals surface area contributed by atoms with E-state index in [-0.39, 0.29) is 0 Å². The molecule has 14 bridgehead atoms. The Morgan fingerprint density at radius 2 is 0.475 bits per heavy atom. The lowest BCUT2D eigenvalue weighted by molar-refractivity contribution is -0.433. The van der Waals surface area contributed by atoms with E-state index in [1.54, 1.807) is 0 Å². The molecule has 0 amide bonds. The molecule has 13 unspecified atom stereocenters. The second-order valence-corrected chi connectivity index (χ2v) is 20.8. The van der Waals surface area contributed by atoms with Crippen LogP contribution in [0.1, 0.15) is 25.7 Å². The van der Waals surface area contributed by atoms with Crippen LogP contribution in [0.3, 0.4) is 0 Å². The molecule has 1 saturated carbocycles. The van der Waals surface area contributed by atoms with Gasteiger partial charge in [0.1, 0.15) is 165 Å². The summed E-state index contributed by atoms with van der Waals surface area (Å²) < 4.78 is 78.5. The molecule has 0 spiro atoms. The van der Waals surface area contributed by atoms with Crippen LogP contribution in [0.5, 0.6) is 0 Å². The average Bonchev–Trinajstić information content (AvgIpc) is 3.42. The Morgan fingerprint density at radius 1 is 0.263 bits per heavy atom. The van der Waals surface area contributed by atoms with Crippen molar-refractivity contribution in [1.82, 2.24) is 0 Å². The van der Waals surface area contributed by atoms with E-state index >= 15 is 0 Å². The van der Waals surface area contributed by atoms with Crippen molar-refractivity contribution in [3.8, 4) is 0 Å². The summed E-state index contributed by atoms with van der Waals surface area (Å²) in [6.45, 7) is -7.50. The highest BCUT2D eigenvalue weighted by molar-refractivity contribution is 5.01. The monoisotopic (exact) mass is 1180 g/mol. The number of aliphatic hydroxyl groups excluding tert-OH is 20. The van der Waals surface area contributed by atoms with Crippen molar-refractivity contribution in [2.75, 3.05) is 46.2 Å². The van der Waals surface area contributed by atoms with Crippen molar-refractivity contribution in [1.29, 1.82) is 0 Å². The molecule has 21 aliphatic heterocycles. The summed E-state index contributed by atoms with van der Waals surface area (Å²) >= 11 is 0. The first kappa shape index (κ1) is 64.6. The van der Waals surface area contributed by atoms with E-state index in [0.29, 0.717) is 0 Å². The van der Waals surface area contributed by atoms with Crippen LogP contribution < -0.4 is 0 Å². The molecule has 21 saturated heterocycles. The standard InChI is InChI=1S/C41H68O35.C4H8/c42-1-8-27-14(48)20(54)35(64-8)71-28-9(2-43)65-36(21(55)15(28)49)72-29-10(3-44)66-37(22(56)16(29)50)73-30-11(4-45)67-38(23(57)17(30)51)74-31-12(5-46)68-39(24(58)18(31)52)75-32-13(6-47)69-40(25(59)19(32)53)76-41(62)7-63-34(70-27)26(60)33(41)61;1-2-4-3-1/h8-40,42-62H,1-7H2;1-4H2/t8?,9?,10?,11?,12?,13?,14-,15-,16-,17-,18-,19-,20?,21?,22?,23?,24?,25?,26?,27-,28-,29-,30-,31-,32-,33-,34-,35-,36+,37+,38+,39-,40-,41-;/m1./s1. The maximum Gasteiger partial charge on any atom is 0.221 e. The van der Waals surface area contributed by atoms with Crippen LogP contribution in [0.15, 0.2) is 0 Å². The lowest BCUT2D eigenvalue weighted by atomic mass is 9.95. The minimum Gasteiger partial charge on any atom is -0.394 e. The van der Waals surface area contributed by atoms with Crippen LogP contribution in [0.25, 0.3) is 0 Å². The van der Waals surface area contributed by atoms with Crippen LogP contribution in [0.2, 0.25) is 0 Å². The molecule has 0 radical (unpaired) electrons.